The average Bonchev–Trinajstić information content (AvgIpc) is 3.20. The van der Waals surface area contributed by atoms with Crippen molar-refractivity contribution in [2.75, 3.05) is 48.8 Å². The highest BCUT2D eigenvalue weighted by molar-refractivity contribution is 5.62. The van der Waals surface area contributed by atoms with Gasteiger partial charge in [-0.05, 0) is 63.4 Å². The lowest BCUT2D eigenvalue weighted by molar-refractivity contribution is 0.313. The van der Waals surface area contributed by atoms with E-state index in [1.54, 1.807) is 6.20 Å². The second kappa shape index (κ2) is 9.52. The molecule has 0 unspecified atom stereocenters. The van der Waals surface area contributed by atoms with Crippen LogP contribution >= 0.6 is 0 Å². The van der Waals surface area contributed by atoms with Gasteiger partial charge in [0.1, 0.15) is 11.6 Å². The van der Waals surface area contributed by atoms with Crippen LogP contribution < -0.4 is 15.5 Å². The third-order valence-electron chi connectivity index (χ3n) is 6.01. The van der Waals surface area contributed by atoms with Crippen LogP contribution in [0.3, 0.4) is 0 Å². The molecule has 0 amide bonds. The smallest absolute Gasteiger partial charge is 0.229 e. The fourth-order valence-corrected chi connectivity index (χ4v) is 4.04. The maximum Gasteiger partial charge on any atom is 0.229 e. The maximum atomic E-state index is 4.65. The van der Waals surface area contributed by atoms with Crippen LogP contribution in [0.15, 0.2) is 66.9 Å². The highest BCUT2D eigenvalue weighted by Gasteiger charge is 2.14. The predicted molar refractivity (Wildman–Crippen MR) is 138 cm³/mol. The van der Waals surface area contributed by atoms with Crippen LogP contribution in [0.25, 0.3) is 5.69 Å². The molecule has 1 saturated heterocycles. The number of likely N-dealkylation sites (N-methyl/N-ethyl adjacent to an activating group) is 1. The van der Waals surface area contributed by atoms with Gasteiger partial charge in [0.15, 0.2) is 0 Å². The molecule has 0 spiro atoms. The highest BCUT2D eigenvalue weighted by atomic mass is 15.3. The summed E-state index contributed by atoms with van der Waals surface area (Å²) in [6, 6.07) is 20.6. The summed E-state index contributed by atoms with van der Waals surface area (Å²) in [5, 5.41) is 11.3. The third-order valence-corrected chi connectivity index (χ3v) is 6.01. The van der Waals surface area contributed by atoms with E-state index < -0.39 is 0 Å². The van der Waals surface area contributed by atoms with Crippen molar-refractivity contribution in [1.82, 2.24) is 24.6 Å². The molecule has 1 aliphatic heterocycles. The van der Waals surface area contributed by atoms with Crippen molar-refractivity contribution in [3.8, 4) is 5.69 Å². The number of benzene rings is 2. The third kappa shape index (κ3) is 5.02. The van der Waals surface area contributed by atoms with Gasteiger partial charge in [-0.3, -0.25) is 0 Å². The molecule has 1 fully saturated rings. The van der Waals surface area contributed by atoms with E-state index >= 15 is 0 Å². The molecule has 2 aromatic heterocycles. The largest absolute Gasteiger partial charge is 0.369 e. The van der Waals surface area contributed by atoms with Crippen molar-refractivity contribution in [3.05, 3.63) is 78.1 Å². The van der Waals surface area contributed by atoms with Crippen LogP contribution in [0.4, 0.5) is 29.0 Å². The Balaban J connectivity index is 1.29. The minimum Gasteiger partial charge on any atom is -0.369 e. The van der Waals surface area contributed by atoms with E-state index in [1.807, 2.05) is 23.7 Å². The van der Waals surface area contributed by atoms with Gasteiger partial charge in [0.25, 0.3) is 0 Å². The number of nitrogens with zero attached hydrogens (tertiary/aromatic N) is 6. The average molecular weight is 455 g/mol. The van der Waals surface area contributed by atoms with Gasteiger partial charge in [0.05, 0.1) is 11.4 Å². The SMILES string of the molecule is Cc1ccc(-n2nc(C)cc2Nc2ccnc(Nc3ccc(N4CCN(C)CC4)cc3)n2)cc1. The monoisotopic (exact) mass is 454 g/mol. The van der Waals surface area contributed by atoms with Gasteiger partial charge in [-0.1, -0.05) is 17.7 Å². The topological polar surface area (TPSA) is 74.1 Å². The van der Waals surface area contributed by atoms with E-state index in [0.717, 1.165) is 49.1 Å². The van der Waals surface area contributed by atoms with E-state index in [1.165, 1.54) is 11.3 Å². The van der Waals surface area contributed by atoms with Crippen LogP contribution in [0.1, 0.15) is 11.3 Å². The molecule has 0 bridgehead atoms. The van der Waals surface area contributed by atoms with Crippen LogP contribution in [-0.2, 0) is 0 Å². The number of aromatic nitrogens is 4. The lowest BCUT2D eigenvalue weighted by atomic mass is 10.2. The maximum absolute atomic E-state index is 4.65. The summed E-state index contributed by atoms with van der Waals surface area (Å²) >= 11 is 0. The molecule has 0 saturated carbocycles. The zero-order chi connectivity index (χ0) is 23.5. The second-order valence-electron chi connectivity index (χ2n) is 8.77. The number of nitrogens with one attached hydrogen (secondary N) is 2. The highest BCUT2D eigenvalue weighted by Crippen LogP contribution is 2.23. The van der Waals surface area contributed by atoms with Gasteiger partial charge in [0, 0.05) is 49.8 Å². The fourth-order valence-electron chi connectivity index (χ4n) is 4.04. The van der Waals surface area contributed by atoms with Crippen LogP contribution in [0.2, 0.25) is 0 Å². The molecule has 2 aromatic carbocycles. The fraction of sp³-hybridized carbons (Fsp3) is 0.269. The summed E-state index contributed by atoms with van der Waals surface area (Å²) in [7, 11) is 2.17. The van der Waals surface area contributed by atoms with Crippen molar-refractivity contribution in [1.29, 1.82) is 0 Å². The first-order valence-corrected chi connectivity index (χ1v) is 11.6. The lowest BCUT2D eigenvalue weighted by Crippen LogP contribution is -2.44. The summed E-state index contributed by atoms with van der Waals surface area (Å²) in [5.41, 5.74) is 5.33. The van der Waals surface area contributed by atoms with E-state index in [2.05, 4.69) is 98.0 Å². The Morgan fingerprint density at radius 3 is 2.24 bits per heavy atom. The van der Waals surface area contributed by atoms with Crippen molar-refractivity contribution in [3.63, 3.8) is 0 Å². The quantitative estimate of drug-likeness (QED) is 0.444. The zero-order valence-corrected chi connectivity index (χ0v) is 19.9. The Bertz CT molecular complexity index is 1240. The normalized spacial score (nSPS) is 14.3. The van der Waals surface area contributed by atoms with E-state index in [9.17, 15) is 0 Å². The molecule has 5 rings (SSSR count). The van der Waals surface area contributed by atoms with Gasteiger partial charge in [-0.25, -0.2) is 9.67 Å². The molecule has 2 N–H and O–H groups in total. The van der Waals surface area contributed by atoms with Crippen molar-refractivity contribution < 1.29 is 0 Å². The van der Waals surface area contributed by atoms with Crippen LogP contribution in [0.5, 0.6) is 0 Å². The second-order valence-corrected chi connectivity index (χ2v) is 8.77. The van der Waals surface area contributed by atoms with Crippen molar-refractivity contribution in [2.24, 2.45) is 0 Å². The molecule has 4 aromatic rings. The Morgan fingerprint density at radius 2 is 1.50 bits per heavy atom. The number of aryl methyl sites for hydroxylation is 2. The minimum absolute atomic E-state index is 0.537. The number of hydrogen-bond acceptors (Lipinski definition) is 7. The molecular weight excluding hydrogens is 424 g/mol. The number of hydrogen-bond donors (Lipinski definition) is 2. The number of rotatable bonds is 6. The van der Waals surface area contributed by atoms with Crippen LogP contribution in [-0.4, -0.2) is 57.9 Å². The molecule has 174 valence electrons. The van der Waals surface area contributed by atoms with Crippen LogP contribution in [0, 0.1) is 13.8 Å². The molecule has 0 aliphatic carbocycles. The van der Waals surface area contributed by atoms with Gasteiger partial charge in [-0.15, -0.1) is 0 Å². The van der Waals surface area contributed by atoms with Crippen molar-refractivity contribution in [2.45, 2.75) is 13.8 Å². The summed E-state index contributed by atoms with van der Waals surface area (Å²) in [4.78, 5) is 13.8. The number of piperazine rings is 1. The van der Waals surface area contributed by atoms with Gasteiger partial charge < -0.3 is 20.4 Å². The van der Waals surface area contributed by atoms with E-state index in [-0.39, 0.29) is 0 Å². The van der Waals surface area contributed by atoms with Gasteiger partial charge in [0.2, 0.25) is 5.95 Å². The Kier molecular flexibility index (Phi) is 6.14. The molecule has 0 radical (unpaired) electrons. The Labute approximate surface area is 200 Å². The predicted octanol–water partition coefficient (Wildman–Crippen LogP) is 4.52. The lowest BCUT2D eigenvalue weighted by Gasteiger charge is -2.34. The summed E-state index contributed by atoms with van der Waals surface area (Å²) in [6.07, 6.45) is 1.75. The number of anilines is 5. The van der Waals surface area contributed by atoms with Crippen molar-refractivity contribution >= 4 is 29.0 Å². The summed E-state index contributed by atoms with van der Waals surface area (Å²) in [5.74, 6) is 2.08. The molecule has 1 aliphatic rings. The molecule has 8 nitrogen and oxygen atoms in total. The first-order valence-electron chi connectivity index (χ1n) is 11.6. The Morgan fingerprint density at radius 1 is 0.794 bits per heavy atom. The summed E-state index contributed by atoms with van der Waals surface area (Å²) < 4.78 is 1.89. The van der Waals surface area contributed by atoms with Gasteiger partial charge >= 0.3 is 0 Å². The Hall–Kier alpha value is -3.91. The van der Waals surface area contributed by atoms with E-state index in [0.29, 0.717) is 11.8 Å². The molecule has 34 heavy (non-hydrogen) atoms. The zero-order valence-electron chi connectivity index (χ0n) is 19.9. The summed E-state index contributed by atoms with van der Waals surface area (Å²) in [6.45, 7) is 8.35. The first kappa shape index (κ1) is 21.9. The van der Waals surface area contributed by atoms with E-state index in [4.69, 9.17) is 0 Å². The van der Waals surface area contributed by atoms with Gasteiger partial charge in [-0.2, -0.15) is 10.1 Å². The first-order chi connectivity index (χ1) is 16.5. The molecule has 8 heteroatoms. The minimum atomic E-state index is 0.537. The molecule has 3 heterocycles. The molecule has 0 atom stereocenters. The molecular formula is C26H30N8. The standard InChI is InChI=1S/C26H30N8/c1-19-4-8-23(9-5-19)34-25(18-20(2)31-34)29-24-12-13-27-26(30-24)28-21-6-10-22(11-7-21)33-16-14-32(3)15-17-33/h4-13,18H,14-17H2,1-3H3,(H2,27,28,29,30).